The highest BCUT2D eigenvalue weighted by atomic mass is 35.5. The fourth-order valence-corrected chi connectivity index (χ4v) is 1.30. The Morgan fingerprint density at radius 1 is 1.33 bits per heavy atom. The molecule has 0 fully saturated rings. The SMILES string of the molecule is CC(=NF)C(Cl)(c1ccccc1)N(F)F. The number of alkyl halides is 1. The molecule has 82 valence electrons. The summed E-state index contributed by atoms with van der Waals surface area (Å²) < 4.78 is 37.4. The summed E-state index contributed by atoms with van der Waals surface area (Å²) in [7, 11) is 0. The summed E-state index contributed by atoms with van der Waals surface area (Å²) in [6, 6.07) is 7.44. The van der Waals surface area contributed by atoms with Crippen LogP contribution in [0.3, 0.4) is 0 Å². The fraction of sp³-hybridized carbons (Fsp3) is 0.222. The average Bonchev–Trinajstić information content (AvgIpc) is 2.27. The molecule has 0 bridgehead atoms. The van der Waals surface area contributed by atoms with Crippen molar-refractivity contribution in [2.75, 3.05) is 0 Å². The second-order valence-electron chi connectivity index (χ2n) is 2.89. The highest BCUT2D eigenvalue weighted by Gasteiger charge is 2.42. The zero-order chi connectivity index (χ0) is 11.5. The Kier molecular flexibility index (Phi) is 3.71. The van der Waals surface area contributed by atoms with E-state index in [2.05, 4.69) is 5.21 Å². The van der Waals surface area contributed by atoms with Crippen LogP contribution in [0, 0.1) is 0 Å². The van der Waals surface area contributed by atoms with Crippen LogP contribution >= 0.6 is 11.6 Å². The fourth-order valence-electron chi connectivity index (χ4n) is 1.14. The quantitative estimate of drug-likeness (QED) is 0.339. The van der Waals surface area contributed by atoms with Crippen molar-refractivity contribution >= 4 is 17.3 Å². The Balaban J connectivity index is 3.25. The van der Waals surface area contributed by atoms with E-state index in [-0.39, 0.29) is 5.56 Å². The Morgan fingerprint density at radius 2 is 1.87 bits per heavy atom. The van der Waals surface area contributed by atoms with Crippen LogP contribution in [0.5, 0.6) is 0 Å². The summed E-state index contributed by atoms with van der Waals surface area (Å²) in [6.07, 6.45) is 0. The number of rotatable bonds is 3. The Bertz CT molecular complexity index is 356. The van der Waals surface area contributed by atoms with E-state index in [1.165, 1.54) is 24.3 Å². The second kappa shape index (κ2) is 4.63. The van der Waals surface area contributed by atoms with Crippen LogP contribution in [0.1, 0.15) is 12.5 Å². The van der Waals surface area contributed by atoms with E-state index in [0.29, 0.717) is 0 Å². The Morgan fingerprint density at radius 3 is 2.27 bits per heavy atom. The van der Waals surface area contributed by atoms with Crippen LogP contribution in [-0.4, -0.2) is 11.1 Å². The molecule has 1 aromatic carbocycles. The Labute approximate surface area is 89.8 Å². The van der Waals surface area contributed by atoms with E-state index in [4.69, 9.17) is 11.6 Å². The minimum Gasteiger partial charge on any atom is -0.0988 e. The number of benzene rings is 1. The highest BCUT2D eigenvalue weighted by molar-refractivity contribution is 6.35. The molecule has 1 atom stereocenters. The van der Waals surface area contributed by atoms with Gasteiger partial charge in [-0.3, -0.25) is 0 Å². The minimum absolute atomic E-state index is 0.0515. The van der Waals surface area contributed by atoms with E-state index >= 15 is 0 Å². The summed E-state index contributed by atoms with van der Waals surface area (Å²) in [5.41, 5.74) is -0.476. The lowest BCUT2D eigenvalue weighted by Gasteiger charge is -2.25. The van der Waals surface area contributed by atoms with Gasteiger partial charge in [0.05, 0.1) is 11.1 Å². The summed E-state index contributed by atoms with van der Waals surface area (Å²) in [4.78, 5) is -2.35. The highest BCUT2D eigenvalue weighted by Crippen LogP contribution is 2.35. The molecular formula is C9H8ClF3N2. The summed E-state index contributed by atoms with van der Waals surface area (Å²) in [6.45, 7) is 1.09. The van der Waals surface area contributed by atoms with Crippen molar-refractivity contribution in [2.45, 2.75) is 11.9 Å². The first-order valence-electron chi connectivity index (χ1n) is 4.05. The molecule has 0 saturated heterocycles. The van der Waals surface area contributed by atoms with Gasteiger partial charge in [0.25, 0.3) is 0 Å². The largest absolute Gasteiger partial charge is 0.222 e. The first-order chi connectivity index (χ1) is 7.03. The maximum absolute atomic E-state index is 12.7. The van der Waals surface area contributed by atoms with Crippen LogP contribution in [0.25, 0.3) is 0 Å². The smallest absolute Gasteiger partial charge is 0.0988 e. The molecule has 0 aliphatic rings. The molecule has 0 aliphatic carbocycles. The summed E-state index contributed by atoms with van der Waals surface area (Å²) in [5, 5.41) is 0.946. The van der Waals surface area contributed by atoms with Gasteiger partial charge in [0, 0.05) is 0 Å². The Hall–Kier alpha value is -1.07. The molecular weight excluding hydrogens is 229 g/mol. The number of hydrogen-bond acceptors (Lipinski definition) is 2. The molecule has 15 heavy (non-hydrogen) atoms. The van der Waals surface area contributed by atoms with E-state index in [9.17, 15) is 13.4 Å². The van der Waals surface area contributed by atoms with Crippen molar-refractivity contribution < 1.29 is 13.4 Å². The van der Waals surface area contributed by atoms with Crippen molar-refractivity contribution in [1.29, 1.82) is 0 Å². The van der Waals surface area contributed by atoms with Crippen LogP contribution < -0.4 is 0 Å². The van der Waals surface area contributed by atoms with Crippen molar-refractivity contribution in [1.82, 2.24) is 5.34 Å². The maximum atomic E-state index is 12.7. The van der Waals surface area contributed by atoms with Gasteiger partial charge in [0.1, 0.15) is 0 Å². The molecule has 0 aromatic heterocycles. The number of hydrogen-bond donors (Lipinski definition) is 0. The molecule has 1 rings (SSSR count). The molecule has 0 spiro atoms. The molecule has 0 heterocycles. The molecule has 0 N–H and O–H groups in total. The zero-order valence-corrected chi connectivity index (χ0v) is 8.55. The van der Waals surface area contributed by atoms with Crippen molar-refractivity contribution in [3.63, 3.8) is 0 Å². The van der Waals surface area contributed by atoms with Crippen LogP contribution in [0.4, 0.5) is 13.4 Å². The van der Waals surface area contributed by atoms with E-state index < -0.39 is 16.1 Å². The van der Waals surface area contributed by atoms with E-state index in [0.717, 1.165) is 6.92 Å². The maximum Gasteiger partial charge on any atom is 0.222 e. The molecule has 2 nitrogen and oxygen atoms in total. The number of halogens is 4. The van der Waals surface area contributed by atoms with Crippen molar-refractivity contribution in [3.05, 3.63) is 35.9 Å². The van der Waals surface area contributed by atoms with Gasteiger partial charge in [0.2, 0.25) is 5.00 Å². The van der Waals surface area contributed by atoms with E-state index in [1.807, 2.05) is 0 Å². The topological polar surface area (TPSA) is 15.6 Å². The second-order valence-corrected chi connectivity index (χ2v) is 3.44. The molecule has 0 aliphatic heterocycles. The third kappa shape index (κ3) is 2.13. The minimum atomic E-state index is -2.35. The van der Waals surface area contributed by atoms with Gasteiger partial charge in [-0.1, -0.05) is 60.6 Å². The van der Waals surface area contributed by atoms with E-state index in [1.54, 1.807) is 6.07 Å². The molecule has 0 radical (unpaired) electrons. The predicted molar refractivity (Wildman–Crippen MR) is 52.2 cm³/mol. The molecule has 1 aromatic rings. The van der Waals surface area contributed by atoms with Crippen LogP contribution in [0.15, 0.2) is 35.5 Å². The molecule has 0 saturated carbocycles. The monoisotopic (exact) mass is 236 g/mol. The normalized spacial score (nSPS) is 16.5. The lowest BCUT2D eigenvalue weighted by molar-refractivity contribution is -0.186. The third-order valence-corrected chi connectivity index (χ3v) is 2.61. The van der Waals surface area contributed by atoms with Crippen LogP contribution in [-0.2, 0) is 5.00 Å². The molecule has 6 heteroatoms. The zero-order valence-electron chi connectivity index (χ0n) is 7.79. The van der Waals surface area contributed by atoms with Gasteiger partial charge in [0.15, 0.2) is 0 Å². The molecule has 1 unspecified atom stereocenters. The summed E-state index contributed by atoms with van der Waals surface area (Å²) in [5.74, 6) is 0. The first-order valence-corrected chi connectivity index (χ1v) is 4.43. The van der Waals surface area contributed by atoms with Gasteiger partial charge in [-0.15, -0.1) is 0 Å². The van der Waals surface area contributed by atoms with Gasteiger partial charge in [-0.2, -0.15) is 0 Å². The lowest BCUT2D eigenvalue weighted by atomic mass is 10.0. The van der Waals surface area contributed by atoms with Gasteiger partial charge in [-0.05, 0) is 12.5 Å². The number of nitrogens with zero attached hydrogens (tertiary/aromatic N) is 2. The van der Waals surface area contributed by atoms with Gasteiger partial charge < -0.3 is 0 Å². The average molecular weight is 237 g/mol. The van der Waals surface area contributed by atoms with Crippen molar-refractivity contribution in [3.8, 4) is 0 Å². The molecule has 0 amide bonds. The lowest BCUT2D eigenvalue weighted by Crippen LogP contribution is -2.37. The van der Waals surface area contributed by atoms with Gasteiger partial charge in [-0.25, -0.2) is 0 Å². The van der Waals surface area contributed by atoms with Gasteiger partial charge >= 0.3 is 0 Å². The third-order valence-electron chi connectivity index (χ3n) is 2.00. The van der Waals surface area contributed by atoms with Crippen molar-refractivity contribution in [2.24, 2.45) is 5.21 Å². The first kappa shape index (κ1) is 12.0. The predicted octanol–water partition coefficient (Wildman–Crippen LogP) is 3.49. The summed E-state index contributed by atoms with van der Waals surface area (Å²) >= 11 is 5.66. The standard InChI is InChI=1S/C9H8ClF3N2/c1-7(14-11)9(10,15(12)13)8-5-3-2-4-6-8/h2-6H,1H3. The van der Waals surface area contributed by atoms with Crippen LogP contribution in [0.2, 0.25) is 0 Å².